The number of anilines is 1. The first-order valence-electron chi connectivity index (χ1n) is 6.79. The highest BCUT2D eigenvalue weighted by Crippen LogP contribution is 2.32. The summed E-state index contributed by atoms with van der Waals surface area (Å²) in [6.07, 6.45) is -0.267. The molecule has 0 aliphatic heterocycles. The van der Waals surface area contributed by atoms with Crippen molar-refractivity contribution >= 4 is 28.3 Å². The molecule has 1 aromatic carbocycles. The summed E-state index contributed by atoms with van der Waals surface area (Å²) in [7, 11) is 0. The van der Waals surface area contributed by atoms with Crippen molar-refractivity contribution in [1.29, 1.82) is 0 Å². The second-order valence-electron chi connectivity index (χ2n) is 4.41. The topological polar surface area (TPSA) is 88.5 Å². The minimum absolute atomic E-state index is 0.0697. The molecule has 0 atom stereocenters. The molecule has 2 rings (SSSR count). The Kier molecular flexibility index (Phi) is 5.48. The van der Waals surface area contributed by atoms with E-state index >= 15 is 0 Å². The van der Waals surface area contributed by atoms with Crippen molar-refractivity contribution < 1.29 is 19.4 Å². The molecule has 0 aliphatic rings. The Morgan fingerprint density at radius 1 is 1.32 bits per heavy atom. The molecule has 22 heavy (non-hydrogen) atoms. The number of rotatable bonds is 7. The zero-order valence-corrected chi connectivity index (χ0v) is 12.9. The molecule has 0 bridgehead atoms. The smallest absolute Gasteiger partial charge is 0.303 e. The number of aromatic nitrogens is 1. The lowest BCUT2D eigenvalue weighted by molar-refractivity contribution is -0.138. The van der Waals surface area contributed by atoms with Gasteiger partial charge in [0.1, 0.15) is 5.75 Å². The first-order valence-corrected chi connectivity index (χ1v) is 7.67. The Morgan fingerprint density at radius 2 is 2.09 bits per heavy atom. The van der Waals surface area contributed by atoms with Gasteiger partial charge in [-0.15, -0.1) is 11.3 Å². The van der Waals surface area contributed by atoms with E-state index in [1.807, 2.05) is 36.6 Å². The molecule has 0 saturated heterocycles. The SMILES string of the molecule is CCOc1ccccc1-c1csc(NC(=O)CCC(=O)O)n1. The number of hydrogen-bond acceptors (Lipinski definition) is 5. The number of nitrogens with one attached hydrogen (secondary N) is 1. The van der Waals surface area contributed by atoms with Gasteiger partial charge in [0.05, 0.1) is 18.7 Å². The minimum Gasteiger partial charge on any atom is -0.493 e. The predicted octanol–water partition coefficient (Wildman–Crippen LogP) is 3.01. The molecule has 0 saturated carbocycles. The van der Waals surface area contributed by atoms with Crippen LogP contribution in [0.25, 0.3) is 11.3 Å². The van der Waals surface area contributed by atoms with E-state index in [4.69, 9.17) is 9.84 Å². The molecule has 6 nitrogen and oxygen atoms in total. The number of aliphatic carboxylic acids is 1. The van der Waals surface area contributed by atoms with Crippen molar-refractivity contribution in [1.82, 2.24) is 4.98 Å². The number of amides is 1. The van der Waals surface area contributed by atoms with E-state index in [0.717, 1.165) is 11.3 Å². The summed E-state index contributed by atoms with van der Waals surface area (Å²) in [6, 6.07) is 7.54. The Hall–Kier alpha value is -2.41. The standard InChI is InChI=1S/C15H16N2O4S/c1-2-21-12-6-4-3-5-10(12)11-9-22-15(16-11)17-13(18)7-8-14(19)20/h3-6,9H,2,7-8H2,1H3,(H,19,20)(H,16,17,18). The molecule has 1 aromatic heterocycles. The number of benzene rings is 1. The summed E-state index contributed by atoms with van der Waals surface area (Å²) in [5.41, 5.74) is 1.56. The third-order valence-electron chi connectivity index (χ3n) is 2.78. The van der Waals surface area contributed by atoms with Crippen LogP contribution in [0.1, 0.15) is 19.8 Å². The normalized spacial score (nSPS) is 10.2. The third kappa shape index (κ3) is 4.29. The van der Waals surface area contributed by atoms with E-state index in [2.05, 4.69) is 10.3 Å². The molecule has 2 N–H and O–H groups in total. The van der Waals surface area contributed by atoms with Crippen LogP contribution in [0.3, 0.4) is 0 Å². The van der Waals surface area contributed by atoms with Crippen molar-refractivity contribution in [3.05, 3.63) is 29.6 Å². The maximum Gasteiger partial charge on any atom is 0.303 e. The lowest BCUT2D eigenvalue weighted by Gasteiger charge is -2.07. The number of thiazole rings is 1. The highest BCUT2D eigenvalue weighted by Gasteiger charge is 2.12. The summed E-state index contributed by atoms with van der Waals surface area (Å²) >= 11 is 1.29. The van der Waals surface area contributed by atoms with Gasteiger partial charge in [-0.05, 0) is 19.1 Å². The van der Waals surface area contributed by atoms with Crippen LogP contribution in [-0.2, 0) is 9.59 Å². The van der Waals surface area contributed by atoms with Gasteiger partial charge >= 0.3 is 5.97 Å². The van der Waals surface area contributed by atoms with Crippen molar-refractivity contribution in [3.63, 3.8) is 0 Å². The molecular formula is C15H16N2O4S. The van der Waals surface area contributed by atoms with Crippen LogP contribution >= 0.6 is 11.3 Å². The van der Waals surface area contributed by atoms with Crippen molar-refractivity contribution in [3.8, 4) is 17.0 Å². The second kappa shape index (κ2) is 7.56. The van der Waals surface area contributed by atoms with Crippen LogP contribution < -0.4 is 10.1 Å². The monoisotopic (exact) mass is 320 g/mol. The van der Waals surface area contributed by atoms with Gasteiger partial charge < -0.3 is 15.2 Å². The summed E-state index contributed by atoms with van der Waals surface area (Å²) in [4.78, 5) is 26.4. The summed E-state index contributed by atoms with van der Waals surface area (Å²) in [5.74, 6) is -0.624. The zero-order chi connectivity index (χ0) is 15.9. The van der Waals surface area contributed by atoms with Gasteiger partial charge in [-0.3, -0.25) is 9.59 Å². The maximum atomic E-state index is 11.6. The first kappa shape index (κ1) is 16.0. The molecule has 0 fully saturated rings. The highest BCUT2D eigenvalue weighted by atomic mass is 32.1. The lowest BCUT2D eigenvalue weighted by atomic mass is 10.1. The number of carbonyl (C=O) groups is 2. The van der Waals surface area contributed by atoms with Gasteiger partial charge in [0.25, 0.3) is 0 Å². The highest BCUT2D eigenvalue weighted by molar-refractivity contribution is 7.14. The van der Waals surface area contributed by atoms with Crippen LogP contribution in [0.2, 0.25) is 0 Å². The van der Waals surface area contributed by atoms with Crippen molar-refractivity contribution in [2.24, 2.45) is 0 Å². The number of carbonyl (C=O) groups excluding carboxylic acids is 1. The number of nitrogens with zero attached hydrogens (tertiary/aromatic N) is 1. The lowest BCUT2D eigenvalue weighted by Crippen LogP contribution is -2.12. The maximum absolute atomic E-state index is 11.6. The summed E-state index contributed by atoms with van der Waals surface area (Å²) in [6.45, 7) is 2.46. The molecule has 7 heteroatoms. The molecular weight excluding hydrogens is 304 g/mol. The minimum atomic E-state index is -0.999. The van der Waals surface area contributed by atoms with Crippen LogP contribution in [0.4, 0.5) is 5.13 Å². The van der Waals surface area contributed by atoms with Gasteiger partial charge in [-0.1, -0.05) is 12.1 Å². The largest absolute Gasteiger partial charge is 0.493 e. The molecule has 1 amide bonds. The van der Waals surface area contributed by atoms with Gasteiger partial charge in [-0.2, -0.15) is 0 Å². The molecule has 0 spiro atoms. The van der Waals surface area contributed by atoms with Crippen LogP contribution in [0, 0.1) is 0 Å². The first-order chi connectivity index (χ1) is 10.6. The molecule has 0 unspecified atom stereocenters. The van der Waals surface area contributed by atoms with E-state index in [9.17, 15) is 9.59 Å². The van der Waals surface area contributed by atoms with Gasteiger partial charge in [0.15, 0.2) is 5.13 Å². The van der Waals surface area contributed by atoms with Crippen LogP contribution in [0.5, 0.6) is 5.75 Å². The molecule has 0 aliphatic carbocycles. The molecule has 0 radical (unpaired) electrons. The van der Waals surface area contributed by atoms with E-state index in [1.54, 1.807) is 0 Å². The zero-order valence-electron chi connectivity index (χ0n) is 12.0. The number of para-hydroxylation sites is 1. The fourth-order valence-corrected chi connectivity index (χ4v) is 2.54. The van der Waals surface area contributed by atoms with Crippen molar-refractivity contribution in [2.45, 2.75) is 19.8 Å². The van der Waals surface area contributed by atoms with E-state index < -0.39 is 5.97 Å². The molecule has 2 aromatic rings. The number of ether oxygens (including phenoxy) is 1. The number of carboxylic acids is 1. The Balaban J connectivity index is 2.08. The van der Waals surface area contributed by atoms with Gasteiger partial charge in [-0.25, -0.2) is 4.98 Å². The average Bonchev–Trinajstić information content (AvgIpc) is 2.94. The quantitative estimate of drug-likeness (QED) is 0.818. The number of hydrogen-bond donors (Lipinski definition) is 2. The Bertz CT molecular complexity index is 669. The summed E-state index contributed by atoms with van der Waals surface area (Å²) < 4.78 is 5.56. The van der Waals surface area contributed by atoms with Gasteiger partial charge in [0, 0.05) is 17.4 Å². The summed E-state index contributed by atoms with van der Waals surface area (Å²) in [5, 5.41) is 13.4. The molecule has 116 valence electrons. The second-order valence-corrected chi connectivity index (χ2v) is 5.27. The van der Waals surface area contributed by atoms with E-state index in [0.29, 0.717) is 17.4 Å². The van der Waals surface area contributed by atoms with E-state index in [1.165, 1.54) is 11.3 Å². The third-order valence-corrected chi connectivity index (χ3v) is 3.54. The van der Waals surface area contributed by atoms with E-state index in [-0.39, 0.29) is 18.7 Å². The average molecular weight is 320 g/mol. The van der Waals surface area contributed by atoms with Crippen molar-refractivity contribution in [2.75, 3.05) is 11.9 Å². The fourth-order valence-electron chi connectivity index (χ4n) is 1.82. The Morgan fingerprint density at radius 3 is 2.82 bits per heavy atom. The Labute approximate surface area is 131 Å². The predicted molar refractivity (Wildman–Crippen MR) is 84.2 cm³/mol. The molecule has 1 heterocycles. The number of carboxylic acid groups (broad SMARTS) is 1. The fraction of sp³-hybridized carbons (Fsp3) is 0.267. The van der Waals surface area contributed by atoms with Crippen LogP contribution in [0.15, 0.2) is 29.6 Å². The van der Waals surface area contributed by atoms with Gasteiger partial charge in [0.2, 0.25) is 5.91 Å². The van der Waals surface area contributed by atoms with Crippen LogP contribution in [-0.4, -0.2) is 28.6 Å².